The van der Waals surface area contributed by atoms with Gasteiger partial charge >= 0.3 is 0 Å². The lowest BCUT2D eigenvalue weighted by Gasteiger charge is -2.30. The smallest absolute Gasteiger partial charge is 0.247 e. The van der Waals surface area contributed by atoms with Crippen molar-refractivity contribution in [2.24, 2.45) is 0 Å². The molecule has 1 fully saturated rings. The zero-order valence-corrected chi connectivity index (χ0v) is 12.7. The van der Waals surface area contributed by atoms with Gasteiger partial charge in [-0.05, 0) is 40.5 Å². The summed E-state index contributed by atoms with van der Waals surface area (Å²) in [5.41, 5.74) is -0.0106. The predicted octanol–water partition coefficient (Wildman–Crippen LogP) is 1.95. The Balaban J connectivity index is 2.58. The lowest BCUT2D eigenvalue weighted by Crippen LogP contribution is -2.42. The van der Waals surface area contributed by atoms with Gasteiger partial charge in [0.1, 0.15) is 16.4 Å². The van der Waals surface area contributed by atoms with Gasteiger partial charge in [-0.15, -0.1) is 0 Å². The average Bonchev–Trinajstić information content (AvgIpc) is 2.78. The molecule has 6 heteroatoms. The summed E-state index contributed by atoms with van der Waals surface area (Å²) in [6.07, 6.45) is 1.70. The first-order chi connectivity index (χ1) is 8.71. The number of furan rings is 1. The molecule has 0 aromatic carbocycles. The van der Waals surface area contributed by atoms with Crippen LogP contribution in [0.2, 0.25) is 0 Å². The molecular formula is C13H21NO4S. The monoisotopic (exact) mass is 287 g/mol. The molecule has 19 heavy (non-hydrogen) atoms. The third-order valence-corrected chi connectivity index (χ3v) is 6.16. The summed E-state index contributed by atoms with van der Waals surface area (Å²) in [4.78, 5) is 0.141. The van der Waals surface area contributed by atoms with E-state index in [9.17, 15) is 13.5 Å². The SMILES string of the molecule is Cc1oc(C)c(S(=O)(=O)N2CCCC2(C)C)c1CO. The van der Waals surface area contributed by atoms with Gasteiger partial charge in [0.25, 0.3) is 0 Å². The van der Waals surface area contributed by atoms with Crippen molar-refractivity contribution in [3.8, 4) is 0 Å². The highest BCUT2D eigenvalue weighted by molar-refractivity contribution is 7.89. The molecule has 0 bridgehead atoms. The maximum Gasteiger partial charge on any atom is 0.247 e. The van der Waals surface area contributed by atoms with Gasteiger partial charge in [-0.1, -0.05) is 0 Å². The Morgan fingerprint density at radius 2 is 1.95 bits per heavy atom. The number of hydrogen-bond donors (Lipinski definition) is 1. The first-order valence-corrected chi connectivity index (χ1v) is 7.88. The quantitative estimate of drug-likeness (QED) is 0.922. The second-order valence-electron chi connectivity index (χ2n) is 5.67. The number of hydrogen-bond acceptors (Lipinski definition) is 4. The van der Waals surface area contributed by atoms with Crippen LogP contribution < -0.4 is 0 Å². The Bertz CT molecular complexity index is 586. The molecule has 2 heterocycles. The fraction of sp³-hybridized carbons (Fsp3) is 0.692. The molecule has 1 saturated heterocycles. The summed E-state index contributed by atoms with van der Waals surface area (Å²) < 4.78 is 32.5. The summed E-state index contributed by atoms with van der Waals surface area (Å²) in [7, 11) is -3.62. The van der Waals surface area contributed by atoms with E-state index in [2.05, 4.69) is 0 Å². The molecule has 1 aromatic heterocycles. The third kappa shape index (κ3) is 2.22. The van der Waals surface area contributed by atoms with Gasteiger partial charge in [-0.3, -0.25) is 0 Å². The van der Waals surface area contributed by atoms with Crippen LogP contribution in [0.1, 0.15) is 43.8 Å². The maximum absolute atomic E-state index is 12.8. The molecular weight excluding hydrogens is 266 g/mol. The standard InChI is InChI=1S/C13H21NO4S/c1-9-11(8-15)12(10(2)18-9)19(16,17)14-7-5-6-13(14,3)4/h15H,5-8H2,1-4H3. The maximum atomic E-state index is 12.8. The molecule has 1 aromatic rings. The van der Waals surface area contributed by atoms with Gasteiger partial charge in [0.05, 0.1) is 6.61 Å². The molecule has 1 aliphatic rings. The van der Waals surface area contributed by atoms with E-state index in [-0.39, 0.29) is 17.0 Å². The van der Waals surface area contributed by atoms with Crippen molar-refractivity contribution in [2.45, 2.75) is 57.6 Å². The lowest BCUT2D eigenvalue weighted by atomic mass is 10.0. The molecule has 0 aliphatic carbocycles. The van der Waals surface area contributed by atoms with E-state index in [1.807, 2.05) is 13.8 Å². The number of sulfonamides is 1. The van der Waals surface area contributed by atoms with E-state index in [0.29, 0.717) is 23.6 Å². The Morgan fingerprint density at radius 3 is 2.42 bits per heavy atom. The van der Waals surface area contributed by atoms with Crippen LogP contribution in [0, 0.1) is 13.8 Å². The summed E-state index contributed by atoms with van der Waals surface area (Å²) >= 11 is 0. The largest absolute Gasteiger partial charge is 0.465 e. The van der Waals surface area contributed by atoms with Crippen molar-refractivity contribution in [1.82, 2.24) is 4.31 Å². The Labute approximate surface area is 114 Å². The normalized spacial score (nSPS) is 20.1. The number of rotatable bonds is 3. The topological polar surface area (TPSA) is 70.8 Å². The minimum Gasteiger partial charge on any atom is -0.465 e. The predicted molar refractivity (Wildman–Crippen MR) is 71.3 cm³/mol. The third-order valence-electron chi connectivity index (χ3n) is 3.86. The average molecular weight is 287 g/mol. The minimum absolute atomic E-state index is 0.141. The number of nitrogens with zero attached hydrogens (tertiary/aromatic N) is 1. The van der Waals surface area contributed by atoms with Gasteiger partial charge in [-0.25, -0.2) is 8.42 Å². The van der Waals surface area contributed by atoms with E-state index in [1.165, 1.54) is 4.31 Å². The number of aliphatic hydroxyl groups excluding tert-OH is 1. The van der Waals surface area contributed by atoms with Crippen molar-refractivity contribution < 1.29 is 17.9 Å². The zero-order chi connectivity index (χ0) is 14.4. The molecule has 0 saturated carbocycles. The first kappa shape index (κ1) is 14.6. The molecule has 1 N–H and O–H groups in total. The van der Waals surface area contributed by atoms with Gasteiger partial charge in [0, 0.05) is 17.6 Å². The molecule has 0 atom stereocenters. The molecule has 1 aliphatic heterocycles. The highest BCUT2D eigenvalue weighted by atomic mass is 32.2. The van der Waals surface area contributed by atoms with Crippen LogP contribution in [0.3, 0.4) is 0 Å². The Hall–Kier alpha value is -0.850. The van der Waals surface area contributed by atoms with Crippen LogP contribution in [0.4, 0.5) is 0 Å². The van der Waals surface area contributed by atoms with Crippen molar-refractivity contribution in [1.29, 1.82) is 0 Å². The Morgan fingerprint density at radius 1 is 1.32 bits per heavy atom. The molecule has 108 valence electrons. The van der Waals surface area contributed by atoms with Crippen LogP contribution in [0.15, 0.2) is 9.31 Å². The fourth-order valence-corrected chi connectivity index (χ4v) is 5.13. The summed E-state index contributed by atoms with van der Waals surface area (Å²) in [5.74, 6) is 0.819. The van der Waals surface area contributed by atoms with Crippen molar-refractivity contribution in [3.05, 3.63) is 17.1 Å². The summed E-state index contributed by atoms with van der Waals surface area (Å²) in [5, 5.41) is 9.41. The fourth-order valence-electron chi connectivity index (χ4n) is 2.87. The van der Waals surface area contributed by atoms with E-state index < -0.39 is 10.0 Å². The zero-order valence-electron chi connectivity index (χ0n) is 11.9. The van der Waals surface area contributed by atoms with Gasteiger partial charge in [0.2, 0.25) is 10.0 Å². The van der Waals surface area contributed by atoms with Gasteiger partial charge < -0.3 is 9.52 Å². The van der Waals surface area contributed by atoms with Crippen LogP contribution in [0.5, 0.6) is 0 Å². The van der Waals surface area contributed by atoms with Gasteiger partial charge in [0.15, 0.2) is 0 Å². The van der Waals surface area contributed by atoms with Crippen molar-refractivity contribution in [2.75, 3.05) is 6.54 Å². The lowest BCUT2D eigenvalue weighted by molar-refractivity contribution is 0.273. The van der Waals surface area contributed by atoms with Crippen LogP contribution in [-0.2, 0) is 16.6 Å². The highest BCUT2D eigenvalue weighted by Crippen LogP contribution is 2.37. The van der Waals surface area contributed by atoms with E-state index in [1.54, 1.807) is 13.8 Å². The van der Waals surface area contributed by atoms with Crippen LogP contribution >= 0.6 is 0 Å². The minimum atomic E-state index is -3.62. The number of aryl methyl sites for hydroxylation is 2. The van der Waals surface area contributed by atoms with Crippen molar-refractivity contribution in [3.63, 3.8) is 0 Å². The van der Waals surface area contributed by atoms with E-state index in [4.69, 9.17) is 4.42 Å². The highest BCUT2D eigenvalue weighted by Gasteiger charge is 2.43. The molecule has 0 spiro atoms. The Kier molecular flexibility index (Phi) is 3.53. The molecule has 0 radical (unpaired) electrons. The van der Waals surface area contributed by atoms with Crippen LogP contribution in [-0.4, -0.2) is 29.9 Å². The van der Waals surface area contributed by atoms with Gasteiger partial charge in [-0.2, -0.15) is 4.31 Å². The summed E-state index contributed by atoms with van der Waals surface area (Å²) in [6, 6.07) is 0. The molecule has 5 nitrogen and oxygen atoms in total. The molecule has 0 amide bonds. The molecule has 0 unspecified atom stereocenters. The summed E-state index contributed by atoms with van der Waals surface area (Å²) in [6.45, 7) is 7.35. The second-order valence-corrected chi connectivity index (χ2v) is 7.47. The van der Waals surface area contributed by atoms with E-state index >= 15 is 0 Å². The van der Waals surface area contributed by atoms with E-state index in [0.717, 1.165) is 12.8 Å². The molecule has 2 rings (SSSR count). The van der Waals surface area contributed by atoms with Crippen LogP contribution in [0.25, 0.3) is 0 Å². The first-order valence-electron chi connectivity index (χ1n) is 6.44. The second kappa shape index (κ2) is 4.61. The van der Waals surface area contributed by atoms with Crippen molar-refractivity contribution >= 4 is 10.0 Å². The number of aliphatic hydroxyl groups is 1.